The van der Waals surface area contributed by atoms with Crippen molar-refractivity contribution in [2.75, 3.05) is 0 Å². The molecule has 98 valence electrons. The first-order valence-electron chi connectivity index (χ1n) is 5.65. The number of phenols is 1. The van der Waals surface area contributed by atoms with Gasteiger partial charge in [-0.1, -0.05) is 24.3 Å². The van der Waals surface area contributed by atoms with E-state index in [1.165, 1.54) is 12.1 Å². The molecular formula is C14H12O5. The summed E-state index contributed by atoms with van der Waals surface area (Å²) < 4.78 is 0. The highest BCUT2D eigenvalue weighted by atomic mass is 16.4. The summed E-state index contributed by atoms with van der Waals surface area (Å²) in [5.41, 5.74) is 0.995. The highest BCUT2D eigenvalue weighted by Crippen LogP contribution is 2.31. The number of hydrogen-bond donors (Lipinski definition) is 3. The molecular weight excluding hydrogens is 248 g/mol. The lowest BCUT2D eigenvalue weighted by Gasteiger charge is -2.10. The molecule has 0 bridgehead atoms. The molecule has 0 spiro atoms. The number of aromatic hydroxyl groups is 1. The summed E-state index contributed by atoms with van der Waals surface area (Å²) in [6, 6.07) is 7.84. The Labute approximate surface area is 108 Å². The number of rotatable bonds is 4. The van der Waals surface area contributed by atoms with Crippen LogP contribution in [-0.2, 0) is 22.4 Å². The lowest BCUT2D eigenvalue weighted by atomic mass is 9.95. The van der Waals surface area contributed by atoms with Gasteiger partial charge in [-0.25, -0.2) is 0 Å². The van der Waals surface area contributed by atoms with Crippen molar-refractivity contribution in [1.29, 1.82) is 0 Å². The Bertz CT molecular complexity index is 638. The molecule has 0 saturated heterocycles. The van der Waals surface area contributed by atoms with Crippen LogP contribution in [0, 0.1) is 0 Å². The van der Waals surface area contributed by atoms with Gasteiger partial charge in [-0.05, 0) is 22.6 Å². The molecule has 0 heterocycles. The molecule has 0 atom stereocenters. The Morgan fingerprint density at radius 3 is 2.05 bits per heavy atom. The molecule has 0 unspecified atom stereocenters. The van der Waals surface area contributed by atoms with Crippen molar-refractivity contribution in [2.24, 2.45) is 0 Å². The van der Waals surface area contributed by atoms with E-state index in [2.05, 4.69) is 0 Å². The lowest BCUT2D eigenvalue weighted by Crippen LogP contribution is -2.05. The van der Waals surface area contributed by atoms with Crippen molar-refractivity contribution in [2.45, 2.75) is 12.8 Å². The zero-order chi connectivity index (χ0) is 14.0. The van der Waals surface area contributed by atoms with Crippen LogP contribution in [0.3, 0.4) is 0 Å². The Kier molecular flexibility index (Phi) is 3.37. The fourth-order valence-corrected chi connectivity index (χ4v) is 2.17. The summed E-state index contributed by atoms with van der Waals surface area (Å²) in [4.78, 5) is 21.7. The number of fused-ring (bicyclic) bond motifs is 1. The third kappa shape index (κ3) is 2.65. The Hall–Kier alpha value is -2.56. The molecule has 5 nitrogen and oxygen atoms in total. The van der Waals surface area contributed by atoms with Crippen molar-refractivity contribution in [1.82, 2.24) is 0 Å². The van der Waals surface area contributed by atoms with E-state index < -0.39 is 11.9 Å². The molecule has 2 aromatic rings. The van der Waals surface area contributed by atoms with Crippen LogP contribution in [0.25, 0.3) is 10.8 Å². The van der Waals surface area contributed by atoms with Crippen molar-refractivity contribution < 1.29 is 24.9 Å². The Balaban J connectivity index is 2.71. The molecule has 0 radical (unpaired) electrons. The van der Waals surface area contributed by atoms with Gasteiger partial charge in [-0.3, -0.25) is 9.59 Å². The predicted octanol–water partition coefficient (Wildman–Crippen LogP) is 1.80. The molecule has 0 aliphatic carbocycles. The van der Waals surface area contributed by atoms with Gasteiger partial charge in [-0.15, -0.1) is 0 Å². The van der Waals surface area contributed by atoms with Crippen LogP contribution in [0.5, 0.6) is 5.75 Å². The van der Waals surface area contributed by atoms with Gasteiger partial charge in [0.2, 0.25) is 0 Å². The van der Waals surface area contributed by atoms with E-state index in [9.17, 15) is 14.7 Å². The summed E-state index contributed by atoms with van der Waals surface area (Å²) in [6.45, 7) is 0. The monoisotopic (exact) mass is 260 g/mol. The summed E-state index contributed by atoms with van der Waals surface area (Å²) in [5, 5.41) is 28.5. The molecule has 2 aromatic carbocycles. The number of carboxylic acids is 2. The van der Waals surface area contributed by atoms with E-state index >= 15 is 0 Å². The van der Waals surface area contributed by atoms with E-state index in [0.29, 0.717) is 21.9 Å². The van der Waals surface area contributed by atoms with Gasteiger partial charge >= 0.3 is 11.9 Å². The molecule has 0 fully saturated rings. The molecule has 5 heteroatoms. The highest BCUT2D eigenvalue weighted by molar-refractivity contribution is 5.96. The van der Waals surface area contributed by atoms with Gasteiger partial charge in [0, 0.05) is 5.39 Å². The normalized spacial score (nSPS) is 10.5. The molecule has 0 saturated carbocycles. The summed E-state index contributed by atoms with van der Waals surface area (Å²) in [5.74, 6) is -1.99. The molecule has 3 N–H and O–H groups in total. The Morgan fingerprint density at radius 2 is 1.47 bits per heavy atom. The third-order valence-electron chi connectivity index (χ3n) is 2.87. The Morgan fingerprint density at radius 1 is 0.895 bits per heavy atom. The summed E-state index contributed by atoms with van der Waals surface area (Å²) in [6.07, 6.45) is -0.430. The van der Waals surface area contributed by atoms with Crippen LogP contribution in [0.4, 0.5) is 0 Å². The maximum Gasteiger partial charge on any atom is 0.307 e. The second-order valence-electron chi connectivity index (χ2n) is 4.22. The second kappa shape index (κ2) is 4.97. The standard InChI is InChI=1S/C14H12O5/c15-11-5-4-9(7-13(18)19)14-8(6-12(16)17)2-1-3-10(11)14/h1-5,15H,6-7H2,(H,16,17)(H,18,19). The third-order valence-corrected chi connectivity index (χ3v) is 2.87. The maximum atomic E-state index is 10.9. The van der Waals surface area contributed by atoms with E-state index in [0.717, 1.165) is 0 Å². The zero-order valence-corrected chi connectivity index (χ0v) is 9.96. The number of phenolic OH excluding ortho intramolecular Hbond substituents is 1. The quantitative estimate of drug-likeness (QED) is 0.779. The fourth-order valence-electron chi connectivity index (χ4n) is 2.17. The smallest absolute Gasteiger partial charge is 0.307 e. The maximum absolute atomic E-state index is 10.9. The molecule has 0 aromatic heterocycles. The largest absolute Gasteiger partial charge is 0.507 e. The summed E-state index contributed by atoms with van der Waals surface area (Å²) in [7, 11) is 0. The van der Waals surface area contributed by atoms with E-state index in [1.807, 2.05) is 0 Å². The molecule has 2 rings (SSSR count). The predicted molar refractivity (Wildman–Crippen MR) is 68.3 cm³/mol. The van der Waals surface area contributed by atoms with Crippen LogP contribution in [-0.4, -0.2) is 27.3 Å². The van der Waals surface area contributed by atoms with E-state index in [-0.39, 0.29) is 18.6 Å². The van der Waals surface area contributed by atoms with E-state index in [1.54, 1.807) is 18.2 Å². The first kappa shape index (κ1) is 12.9. The van der Waals surface area contributed by atoms with Gasteiger partial charge in [0.25, 0.3) is 0 Å². The van der Waals surface area contributed by atoms with Crippen LogP contribution in [0.2, 0.25) is 0 Å². The van der Waals surface area contributed by atoms with Crippen molar-refractivity contribution >= 4 is 22.7 Å². The van der Waals surface area contributed by atoms with E-state index in [4.69, 9.17) is 10.2 Å². The van der Waals surface area contributed by atoms with Gasteiger partial charge in [-0.2, -0.15) is 0 Å². The molecule has 0 amide bonds. The fraction of sp³-hybridized carbons (Fsp3) is 0.143. The number of hydrogen-bond acceptors (Lipinski definition) is 3. The average molecular weight is 260 g/mol. The molecule has 0 aliphatic heterocycles. The minimum absolute atomic E-state index is 0.0105. The summed E-state index contributed by atoms with van der Waals surface area (Å²) >= 11 is 0. The number of carboxylic acid groups (broad SMARTS) is 2. The first-order chi connectivity index (χ1) is 8.99. The van der Waals surface area contributed by atoms with Gasteiger partial charge in [0.15, 0.2) is 0 Å². The number of carbonyl (C=O) groups is 2. The van der Waals surface area contributed by atoms with Crippen molar-refractivity contribution in [3.63, 3.8) is 0 Å². The van der Waals surface area contributed by atoms with Gasteiger partial charge < -0.3 is 15.3 Å². The second-order valence-corrected chi connectivity index (χ2v) is 4.22. The zero-order valence-electron chi connectivity index (χ0n) is 9.96. The van der Waals surface area contributed by atoms with Crippen LogP contribution in [0.1, 0.15) is 11.1 Å². The van der Waals surface area contributed by atoms with Crippen LogP contribution < -0.4 is 0 Å². The minimum Gasteiger partial charge on any atom is -0.507 e. The number of benzene rings is 2. The van der Waals surface area contributed by atoms with Gasteiger partial charge in [0.05, 0.1) is 12.8 Å². The van der Waals surface area contributed by atoms with Crippen molar-refractivity contribution in [3.05, 3.63) is 41.5 Å². The number of aliphatic carboxylic acids is 2. The average Bonchev–Trinajstić information content (AvgIpc) is 2.32. The first-order valence-corrected chi connectivity index (χ1v) is 5.65. The minimum atomic E-state index is -1.00. The topological polar surface area (TPSA) is 94.8 Å². The van der Waals surface area contributed by atoms with Crippen molar-refractivity contribution in [3.8, 4) is 5.75 Å². The van der Waals surface area contributed by atoms with Gasteiger partial charge in [0.1, 0.15) is 5.75 Å². The highest BCUT2D eigenvalue weighted by Gasteiger charge is 2.13. The SMILES string of the molecule is O=C(O)Cc1cccc2c(O)ccc(CC(=O)O)c12. The van der Waals surface area contributed by atoms with Crippen LogP contribution in [0.15, 0.2) is 30.3 Å². The molecule has 19 heavy (non-hydrogen) atoms. The van der Waals surface area contributed by atoms with Crippen LogP contribution >= 0.6 is 0 Å². The lowest BCUT2D eigenvalue weighted by molar-refractivity contribution is -0.137. The molecule has 0 aliphatic rings.